The average molecular weight is 362 g/mol. The van der Waals surface area contributed by atoms with Crippen LogP contribution >= 0.6 is 11.3 Å². The van der Waals surface area contributed by atoms with Crippen LogP contribution in [0.2, 0.25) is 0 Å². The largest absolute Gasteiger partial charge is 0.335 e. The number of carbonyl (C=O) groups excluding carboxylic acids is 1. The molecule has 0 spiro atoms. The molecule has 0 saturated carbocycles. The lowest BCUT2D eigenvalue weighted by Gasteiger charge is -2.33. The maximum Gasteiger partial charge on any atom is 0.264 e. The molecule has 1 fully saturated rings. The fraction of sp³-hybridized carbons (Fsp3) is 0.632. The number of unbranched alkanes of at least 4 members (excludes halogenated alkanes) is 2. The van der Waals surface area contributed by atoms with Crippen LogP contribution < -0.4 is 5.56 Å². The minimum atomic E-state index is -0.0133. The van der Waals surface area contributed by atoms with Crippen molar-refractivity contribution < 1.29 is 4.79 Å². The molecular weight excluding hydrogens is 334 g/mol. The minimum absolute atomic E-state index is 0.0133. The van der Waals surface area contributed by atoms with Crippen molar-refractivity contribution in [3.05, 3.63) is 27.1 Å². The molecule has 0 aliphatic carbocycles. The van der Waals surface area contributed by atoms with Gasteiger partial charge in [0.2, 0.25) is 0 Å². The standard InChI is InChI=1S/C19H27N3O2S/c1-4-5-7-10-21-12-20-17-15(18(21)23)14(3)16(25-17)19(24)22-11-8-6-9-13(22)2/h12-13H,4-11H2,1-3H3. The summed E-state index contributed by atoms with van der Waals surface area (Å²) in [7, 11) is 0. The molecule has 1 aliphatic rings. The van der Waals surface area contributed by atoms with Gasteiger partial charge in [0.25, 0.3) is 11.5 Å². The molecule has 1 amide bonds. The van der Waals surface area contributed by atoms with E-state index in [0.717, 1.165) is 44.2 Å². The van der Waals surface area contributed by atoms with Gasteiger partial charge in [-0.25, -0.2) is 4.98 Å². The van der Waals surface area contributed by atoms with Gasteiger partial charge in [-0.05, 0) is 45.1 Å². The molecule has 5 nitrogen and oxygen atoms in total. The first-order valence-corrected chi connectivity index (χ1v) is 10.2. The van der Waals surface area contributed by atoms with Gasteiger partial charge < -0.3 is 4.90 Å². The highest BCUT2D eigenvalue weighted by molar-refractivity contribution is 7.20. The van der Waals surface area contributed by atoms with E-state index in [1.54, 1.807) is 10.9 Å². The van der Waals surface area contributed by atoms with Gasteiger partial charge in [-0.1, -0.05) is 19.8 Å². The number of likely N-dealkylation sites (tertiary alicyclic amines) is 1. The smallest absolute Gasteiger partial charge is 0.264 e. The lowest BCUT2D eigenvalue weighted by atomic mass is 10.0. The summed E-state index contributed by atoms with van der Waals surface area (Å²) in [6.07, 6.45) is 8.12. The number of nitrogens with zero attached hydrogens (tertiary/aromatic N) is 3. The van der Waals surface area contributed by atoms with Crippen molar-refractivity contribution in [2.24, 2.45) is 0 Å². The second-order valence-electron chi connectivity index (χ2n) is 7.03. The Bertz CT molecular complexity index is 824. The Kier molecular flexibility index (Phi) is 5.57. The molecule has 25 heavy (non-hydrogen) atoms. The highest BCUT2D eigenvalue weighted by atomic mass is 32.1. The number of amides is 1. The number of fused-ring (bicyclic) bond motifs is 1. The molecule has 1 aliphatic heterocycles. The molecule has 0 N–H and O–H groups in total. The van der Waals surface area contributed by atoms with E-state index < -0.39 is 0 Å². The van der Waals surface area contributed by atoms with E-state index in [-0.39, 0.29) is 17.5 Å². The Balaban J connectivity index is 1.95. The molecule has 136 valence electrons. The van der Waals surface area contributed by atoms with Crippen molar-refractivity contribution in [3.8, 4) is 0 Å². The van der Waals surface area contributed by atoms with Crippen LogP contribution in [0.5, 0.6) is 0 Å². The van der Waals surface area contributed by atoms with Crippen molar-refractivity contribution in [2.45, 2.75) is 71.9 Å². The zero-order valence-corrected chi connectivity index (χ0v) is 16.2. The van der Waals surface area contributed by atoms with E-state index >= 15 is 0 Å². The highest BCUT2D eigenvalue weighted by Crippen LogP contribution is 2.30. The summed E-state index contributed by atoms with van der Waals surface area (Å²) >= 11 is 1.36. The summed E-state index contributed by atoms with van der Waals surface area (Å²) in [4.78, 5) is 33.6. The number of aryl methyl sites for hydroxylation is 2. The van der Waals surface area contributed by atoms with Gasteiger partial charge in [0.1, 0.15) is 4.83 Å². The Morgan fingerprint density at radius 2 is 2.16 bits per heavy atom. The molecule has 0 radical (unpaired) electrons. The maximum absolute atomic E-state index is 13.0. The SMILES string of the molecule is CCCCCn1cnc2sc(C(=O)N3CCCCC3C)c(C)c2c1=O. The molecular formula is C19H27N3O2S. The Hall–Kier alpha value is -1.69. The summed E-state index contributed by atoms with van der Waals surface area (Å²) in [5.74, 6) is 0.0598. The molecule has 2 aromatic heterocycles. The fourth-order valence-electron chi connectivity index (χ4n) is 3.58. The van der Waals surface area contributed by atoms with Crippen molar-refractivity contribution in [1.29, 1.82) is 0 Å². The van der Waals surface area contributed by atoms with Crippen LogP contribution in [0.25, 0.3) is 10.2 Å². The van der Waals surface area contributed by atoms with E-state index in [1.165, 1.54) is 17.8 Å². The van der Waals surface area contributed by atoms with Crippen molar-refractivity contribution in [2.75, 3.05) is 6.54 Å². The number of thiophene rings is 1. The molecule has 1 saturated heterocycles. The molecule has 0 bridgehead atoms. The lowest BCUT2D eigenvalue weighted by molar-refractivity contribution is 0.0640. The number of hydrogen-bond donors (Lipinski definition) is 0. The van der Waals surface area contributed by atoms with Crippen LogP contribution in [0.1, 0.15) is 67.6 Å². The molecule has 1 atom stereocenters. The van der Waals surface area contributed by atoms with Crippen molar-refractivity contribution >= 4 is 27.5 Å². The predicted molar refractivity (Wildman–Crippen MR) is 102 cm³/mol. The minimum Gasteiger partial charge on any atom is -0.335 e. The van der Waals surface area contributed by atoms with Crippen LogP contribution in [0.15, 0.2) is 11.1 Å². The summed E-state index contributed by atoms with van der Waals surface area (Å²) < 4.78 is 1.69. The summed E-state index contributed by atoms with van der Waals surface area (Å²) in [6, 6.07) is 0.268. The Morgan fingerprint density at radius 1 is 1.36 bits per heavy atom. The van der Waals surface area contributed by atoms with Gasteiger partial charge in [-0.2, -0.15) is 0 Å². The number of rotatable bonds is 5. The third-order valence-electron chi connectivity index (χ3n) is 5.18. The van der Waals surface area contributed by atoms with E-state index in [9.17, 15) is 9.59 Å². The van der Waals surface area contributed by atoms with Gasteiger partial charge in [0.05, 0.1) is 16.6 Å². The third kappa shape index (κ3) is 3.50. The summed E-state index contributed by atoms with van der Waals surface area (Å²) in [5, 5.41) is 0.622. The van der Waals surface area contributed by atoms with E-state index in [2.05, 4.69) is 18.8 Å². The first kappa shape index (κ1) is 18.1. The second-order valence-corrected chi connectivity index (χ2v) is 8.03. The zero-order chi connectivity index (χ0) is 18.0. The molecule has 2 aromatic rings. The van der Waals surface area contributed by atoms with Crippen molar-refractivity contribution in [1.82, 2.24) is 14.5 Å². The predicted octanol–water partition coefficient (Wildman–Crippen LogP) is 3.97. The Labute approximate surface area is 152 Å². The monoisotopic (exact) mass is 361 g/mol. The van der Waals surface area contributed by atoms with E-state index in [4.69, 9.17) is 0 Å². The van der Waals surface area contributed by atoms with Gasteiger partial charge in [0, 0.05) is 19.1 Å². The number of aromatic nitrogens is 2. The van der Waals surface area contributed by atoms with Crippen molar-refractivity contribution in [3.63, 3.8) is 0 Å². The Morgan fingerprint density at radius 3 is 2.88 bits per heavy atom. The van der Waals surface area contributed by atoms with Crippen LogP contribution in [-0.4, -0.2) is 32.9 Å². The van der Waals surface area contributed by atoms with Crippen LogP contribution in [0.3, 0.4) is 0 Å². The van der Waals surface area contributed by atoms with Gasteiger partial charge >= 0.3 is 0 Å². The molecule has 1 unspecified atom stereocenters. The molecule has 6 heteroatoms. The zero-order valence-electron chi connectivity index (χ0n) is 15.4. The first-order chi connectivity index (χ1) is 12.0. The fourth-order valence-corrected chi connectivity index (χ4v) is 4.68. The maximum atomic E-state index is 13.0. The molecule has 0 aromatic carbocycles. The number of hydrogen-bond acceptors (Lipinski definition) is 4. The normalized spacial score (nSPS) is 18.0. The van der Waals surface area contributed by atoms with Gasteiger partial charge in [-0.15, -0.1) is 11.3 Å². The number of piperidine rings is 1. The molecule has 3 heterocycles. The second kappa shape index (κ2) is 7.68. The average Bonchev–Trinajstić information content (AvgIpc) is 2.94. The van der Waals surface area contributed by atoms with Crippen LogP contribution in [-0.2, 0) is 6.54 Å². The highest BCUT2D eigenvalue weighted by Gasteiger charge is 2.28. The lowest BCUT2D eigenvalue weighted by Crippen LogP contribution is -2.41. The quantitative estimate of drug-likeness (QED) is 0.757. The van der Waals surface area contributed by atoms with Gasteiger partial charge in [0.15, 0.2) is 0 Å². The van der Waals surface area contributed by atoms with Crippen LogP contribution in [0, 0.1) is 6.92 Å². The molecule has 3 rings (SSSR count). The van der Waals surface area contributed by atoms with Gasteiger partial charge in [-0.3, -0.25) is 14.2 Å². The number of carbonyl (C=O) groups is 1. The summed E-state index contributed by atoms with van der Waals surface area (Å²) in [5.41, 5.74) is 0.783. The third-order valence-corrected chi connectivity index (χ3v) is 6.37. The van der Waals surface area contributed by atoms with E-state index in [0.29, 0.717) is 21.6 Å². The topological polar surface area (TPSA) is 55.2 Å². The van der Waals surface area contributed by atoms with Crippen LogP contribution in [0.4, 0.5) is 0 Å². The summed E-state index contributed by atoms with van der Waals surface area (Å²) in [6.45, 7) is 7.64. The first-order valence-electron chi connectivity index (χ1n) is 9.34. The van der Waals surface area contributed by atoms with E-state index in [1.807, 2.05) is 11.8 Å².